The van der Waals surface area contributed by atoms with Crippen LogP contribution < -0.4 is 0 Å². The van der Waals surface area contributed by atoms with Gasteiger partial charge >= 0.3 is 17.9 Å². The maximum atomic E-state index is 12.8. The van der Waals surface area contributed by atoms with Crippen molar-refractivity contribution >= 4 is 17.9 Å². The SMILES string of the molecule is CCCCCC/C=C\C/C=C\CCCCCCCC(=O)OCC(COC(=O)CCCCCCCCCCCCCCCC)OC(=O)CCCCCCCCCCCCCCCCC. The van der Waals surface area contributed by atoms with E-state index in [1.54, 1.807) is 0 Å². The maximum absolute atomic E-state index is 12.8. The largest absolute Gasteiger partial charge is 0.462 e. The summed E-state index contributed by atoms with van der Waals surface area (Å²) in [6, 6.07) is 0. The third kappa shape index (κ3) is 50.7. The van der Waals surface area contributed by atoms with E-state index in [0.29, 0.717) is 19.3 Å². The topological polar surface area (TPSA) is 78.9 Å². The molecule has 63 heavy (non-hydrogen) atoms. The molecular weight excluding hydrogens is 781 g/mol. The molecule has 0 spiro atoms. The highest BCUT2D eigenvalue weighted by Crippen LogP contribution is 2.16. The van der Waals surface area contributed by atoms with Crippen LogP contribution in [0.25, 0.3) is 0 Å². The number of rotatable bonds is 51. The first kappa shape index (κ1) is 60.9. The van der Waals surface area contributed by atoms with Gasteiger partial charge in [-0.25, -0.2) is 0 Å². The van der Waals surface area contributed by atoms with Crippen molar-refractivity contribution in [3.63, 3.8) is 0 Å². The predicted molar refractivity (Wildman–Crippen MR) is 270 cm³/mol. The summed E-state index contributed by atoms with van der Waals surface area (Å²) in [6.45, 7) is 6.65. The number of esters is 3. The minimum Gasteiger partial charge on any atom is -0.462 e. The standard InChI is InChI=1S/C57H106O6/c1-4-7-10-13-16-19-22-25-28-30-32-35-38-41-44-47-50-56(59)62-53-54(52-61-55(58)49-46-43-40-37-34-31-27-24-21-18-15-12-9-6-3)63-57(60)51-48-45-42-39-36-33-29-26-23-20-17-14-11-8-5-2/h19,22,28,30,54H,4-18,20-21,23-27,29,31-53H2,1-3H3/b22-19-,30-28-. The molecule has 1 atom stereocenters. The molecule has 1 unspecified atom stereocenters. The lowest BCUT2D eigenvalue weighted by Gasteiger charge is -2.18. The Hall–Kier alpha value is -2.11. The third-order valence-corrected chi connectivity index (χ3v) is 12.5. The van der Waals surface area contributed by atoms with Gasteiger partial charge in [0.1, 0.15) is 13.2 Å². The molecular formula is C57H106O6. The summed E-state index contributed by atoms with van der Waals surface area (Å²) < 4.78 is 16.8. The Morgan fingerprint density at radius 3 is 0.889 bits per heavy atom. The monoisotopic (exact) mass is 887 g/mol. The van der Waals surface area contributed by atoms with Crippen LogP contribution in [0.1, 0.15) is 303 Å². The molecule has 0 aromatic heterocycles. The second kappa shape index (κ2) is 52.5. The third-order valence-electron chi connectivity index (χ3n) is 12.5. The fourth-order valence-electron chi connectivity index (χ4n) is 8.24. The number of allylic oxidation sites excluding steroid dienone is 4. The van der Waals surface area contributed by atoms with Crippen molar-refractivity contribution in [2.45, 2.75) is 309 Å². The van der Waals surface area contributed by atoms with Crippen LogP contribution in [0, 0.1) is 0 Å². The Bertz CT molecular complexity index is 1020. The molecule has 0 aliphatic rings. The van der Waals surface area contributed by atoms with Crippen molar-refractivity contribution in [2.75, 3.05) is 13.2 Å². The number of ether oxygens (including phenoxy) is 3. The van der Waals surface area contributed by atoms with Gasteiger partial charge in [-0.1, -0.05) is 257 Å². The normalized spacial score (nSPS) is 12.1. The van der Waals surface area contributed by atoms with Crippen LogP contribution in [0.5, 0.6) is 0 Å². The van der Waals surface area contributed by atoms with Gasteiger partial charge < -0.3 is 14.2 Å². The molecule has 0 saturated carbocycles. The van der Waals surface area contributed by atoms with Crippen molar-refractivity contribution < 1.29 is 28.6 Å². The van der Waals surface area contributed by atoms with Gasteiger partial charge in [-0.05, 0) is 51.4 Å². The van der Waals surface area contributed by atoms with E-state index in [9.17, 15) is 14.4 Å². The van der Waals surface area contributed by atoms with Crippen LogP contribution in [0.3, 0.4) is 0 Å². The average molecular weight is 887 g/mol. The molecule has 0 aromatic rings. The molecule has 0 aliphatic carbocycles. The van der Waals surface area contributed by atoms with E-state index in [0.717, 1.165) is 77.0 Å². The van der Waals surface area contributed by atoms with Gasteiger partial charge in [0.25, 0.3) is 0 Å². The zero-order chi connectivity index (χ0) is 45.8. The molecule has 0 heterocycles. The highest BCUT2D eigenvalue weighted by molar-refractivity contribution is 5.71. The zero-order valence-electron chi connectivity index (χ0n) is 42.4. The first-order valence-electron chi connectivity index (χ1n) is 27.8. The van der Waals surface area contributed by atoms with Crippen LogP contribution in [0.2, 0.25) is 0 Å². The zero-order valence-corrected chi connectivity index (χ0v) is 42.4. The molecule has 0 rings (SSSR count). The summed E-state index contributed by atoms with van der Waals surface area (Å²) in [6.07, 6.45) is 60.1. The molecule has 0 fully saturated rings. The lowest BCUT2D eigenvalue weighted by molar-refractivity contribution is -0.167. The van der Waals surface area contributed by atoms with Gasteiger partial charge in [0.2, 0.25) is 0 Å². The second-order valence-electron chi connectivity index (χ2n) is 18.9. The summed E-state index contributed by atoms with van der Waals surface area (Å²) in [5.74, 6) is -0.865. The number of unbranched alkanes of at least 4 members (excludes halogenated alkanes) is 36. The van der Waals surface area contributed by atoms with E-state index in [4.69, 9.17) is 14.2 Å². The van der Waals surface area contributed by atoms with Gasteiger partial charge in [-0.3, -0.25) is 14.4 Å². The molecule has 0 radical (unpaired) electrons. The lowest BCUT2D eigenvalue weighted by atomic mass is 10.0. The van der Waals surface area contributed by atoms with Crippen molar-refractivity contribution in [3.05, 3.63) is 24.3 Å². The molecule has 6 heteroatoms. The fraction of sp³-hybridized carbons (Fsp3) is 0.877. The molecule has 0 bridgehead atoms. The van der Waals surface area contributed by atoms with Crippen LogP contribution in [0.4, 0.5) is 0 Å². The van der Waals surface area contributed by atoms with Gasteiger partial charge in [0, 0.05) is 19.3 Å². The van der Waals surface area contributed by atoms with Crippen molar-refractivity contribution in [1.29, 1.82) is 0 Å². The molecule has 6 nitrogen and oxygen atoms in total. The number of hydrogen-bond donors (Lipinski definition) is 0. The number of carbonyl (C=O) groups excluding carboxylic acids is 3. The van der Waals surface area contributed by atoms with Crippen molar-refractivity contribution in [2.24, 2.45) is 0 Å². The molecule has 0 aromatic carbocycles. The van der Waals surface area contributed by atoms with Crippen molar-refractivity contribution in [1.82, 2.24) is 0 Å². The Balaban J connectivity index is 4.35. The molecule has 0 aliphatic heterocycles. The highest BCUT2D eigenvalue weighted by atomic mass is 16.6. The van der Waals surface area contributed by atoms with Gasteiger partial charge in [-0.2, -0.15) is 0 Å². The van der Waals surface area contributed by atoms with E-state index < -0.39 is 6.10 Å². The van der Waals surface area contributed by atoms with E-state index >= 15 is 0 Å². The van der Waals surface area contributed by atoms with Gasteiger partial charge in [-0.15, -0.1) is 0 Å². The molecule has 0 N–H and O–H groups in total. The molecule has 0 amide bonds. The summed E-state index contributed by atoms with van der Waals surface area (Å²) in [5, 5.41) is 0. The van der Waals surface area contributed by atoms with Gasteiger partial charge in [0.15, 0.2) is 6.10 Å². The Labute approximate surface area is 392 Å². The van der Waals surface area contributed by atoms with Crippen LogP contribution >= 0.6 is 0 Å². The van der Waals surface area contributed by atoms with E-state index in [1.807, 2.05) is 0 Å². The van der Waals surface area contributed by atoms with Crippen molar-refractivity contribution in [3.8, 4) is 0 Å². The molecule has 0 saturated heterocycles. The fourth-order valence-corrected chi connectivity index (χ4v) is 8.24. The predicted octanol–water partition coefficient (Wildman–Crippen LogP) is 18.3. The average Bonchev–Trinajstić information content (AvgIpc) is 3.28. The Morgan fingerprint density at radius 1 is 0.317 bits per heavy atom. The Morgan fingerprint density at radius 2 is 0.571 bits per heavy atom. The molecule has 370 valence electrons. The number of hydrogen-bond acceptors (Lipinski definition) is 6. The number of carbonyl (C=O) groups is 3. The van der Waals surface area contributed by atoms with E-state index in [2.05, 4.69) is 45.1 Å². The first-order valence-corrected chi connectivity index (χ1v) is 27.8. The van der Waals surface area contributed by atoms with E-state index in [1.165, 1.54) is 186 Å². The maximum Gasteiger partial charge on any atom is 0.306 e. The van der Waals surface area contributed by atoms with Gasteiger partial charge in [0.05, 0.1) is 0 Å². The van der Waals surface area contributed by atoms with E-state index in [-0.39, 0.29) is 31.1 Å². The Kier molecular flexibility index (Phi) is 50.8. The minimum atomic E-state index is -0.771. The summed E-state index contributed by atoms with van der Waals surface area (Å²) in [5.41, 5.74) is 0. The van der Waals surface area contributed by atoms with Crippen LogP contribution in [-0.4, -0.2) is 37.2 Å². The lowest BCUT2D eigenvalue weighted by Crippen LogP contribution is -2.30. The van der Waals surface area contributed by atoms with Crippen LogP contribution in [0.15, 0.2) is 24.3 Å². The van der Waals surface area contributed by atoms with Crippen LogP contribution in [-0.2, 0) is 28.6 Å². The summed E-state index contributed by atoms with van der Waals surface area (Å²) in [4.78, 5) is 38.1. The first-order chi connectivity index (χ1) is 31.0. The quantitative estimate of drug-likeness (QED) is 0.0262. The highest BCUT2D eigenvalue weighted by Gasteiger charge is 2.19. The summed E-state index contributed by atoms with van der Waals surface area (Å²) in [7, 11) is 0. The second-order valence-corrected chi connectivity index (χ2v) is 18.9. The summed E-state index contributed by atoms with van der Waals surface area (Å²) >= 11 is 0. The minimum absolute atomic E-state index is 0.0703. The smallest absolute Gasteiger partial charge is 0.306 e.